The second kappa shape index (κ2) is 2.60. The van der Waals surface area contributed by atoms with E-state index >= 15 is 0 Å². The van der Waals surface area contributed by atoms with Crippen LogP contribution in [0.1, 0.15) is 6.92 Å². The lowest BCUT2D eigenvalue weighted by molar-refractivity contribution is 0.0661. The normalized spacial score (nSPS) is 53.4. The van der Waals surface area contributed by atoms with Crippen molar-refractivity contribution < 1.29 is 9.47 Å². The van der Waals surface area contributed by atoms with E-state index in [-0.39, 0.29) is 0 Å². The van der Waals surface area contributed by atoms with Crippen LogP contribution < -0.4 is 0 Å². The van der Waals surface area contributed by atoms with Crippen molar-refractivity contribution in [1.29, 1.82) is 0 Å². The molecule has 0 aromatic rings. The van der Waals surface area contributed by atoms with Crippen LogP contribution in [0.3, 0.4) is 0 Å². The number of hydrogen-bond acceptors (Lipinski definition) is 2. The molecular weight excluding hydrogens is 243 g/mol. The SMILES string of the molecule is C[C@@H]1COC2C1OC[C@H]2I. The molecule has 0 bridgehead atoms. The average molecular weight is 254 g/mol. The molecule has 10 heavy (non-hydrogen) atoms. The second-order valence-electron chi connectivity index (χ2n) is 3.09. The van der Waals surface area contributed by atoms with Crippen LogP contribution in [-0.4, -0.2) is 29.3 Å². The molecule has 2 fully saturated rings. The maximum Gasteiger partial charge on any atom is 0.0979 e. The van der Waals surface area contributed by atoms with Crippen molar-refractivity contribution in [3.63, 3.8) is 0 Å². The van der Waals surface area contributed by atoms with Gasteiger partial charge in [-0.05, 0) is 0 Å². The van der Waals surface area contributed by atoms with Gasteiger partial charge in [0.2, 0.25) is 0 Å². The maximum atomic E-state index is 5.57. The van der Waals surface area contributed by atoms with Crippen LogP contribution in [0.4, 0.5) is 0 Å². The van der Waals surface area contributed by atoms with Crippen LogP contribution in [-0.2, 0) is 9.47 Å². The molecule has 58 valence electrons. The number of alkyl halides is 1. The lowest BCUT2D eigenvalue weighted by atomic mass is 10.1. The molecule has 2 nitrogen and oxygen atoms in total. The zero-order chi connectivity index (χ0) is 7.14. The third-order valence-corrected chi connectivity index (χ3v) is 3.31. The lowest BCUT2D eigenvalue weighted by Gasteiger charge is -2.10. The lowest BCUT2D eigenvalue weighted by Crippen LogP contribution is -2.24. The first-order chi connectivity index (χ1) is 4.79. The topological polar surface area (TPSA) is 18.5 Å². The molecule has 0 aromatic heterocycles. The highest BCUT2D eigenvalue weighted by molar-refractivity contribution is 14.1. The molecule has 0 radical (unpaired) electrons. The molecule has 2 aliphatic heterocycles. The van der Waals surface area contributed by atoms with Crippen LogP contribution >= 0.6 is 22.6 Å². The number of ether oxygens (including phenoxy) is 2. The first-order valence-corrected chi connectivity index (χ1v) is 4.91. The summed E-state index contributed by atoms with van der Waals surface area (Å²) >= 11 is 2.41. The quantitative estimate of drug-likeness (QED) is 0.478. The molecule has 0 aromatic carbocycles. The first kappa shape index (κ1) is 7.31. The summed E-state index contributed by atoms with van der Waals surface area (Å²) in [6, 6.07) is 0. The Labute approximate surface area is 74.4 Å². The summed E-state index contributed by atoms with van der Waals surface area (Å²) in [6.07, 6.45) is 0.775. The van der Waals surface area contributed by atoms with Crippen molar-refractivity contribution in [3.8, 4) is 0 Å². The summed E-state index contributed by atoms with van der Waals surface area (Å²) in [5.74, 6) is 0.602. The summed E-state index contributed by atoms with van der Waals surface area (Å²) in [5, 5.41) is 0. The molecular formula is C7H11IO2. The van der Waals surface area contributed by atoms with Crippen LogP contribution in [0.15, 0.2) is 0 Å². The van der Waals surface area contributed by atoms with Gasteiger partial charge in [0.25, 0.3) is 0 Å². The second-order valence-corrected chi connectivity index (χ2v) is 4.69. The van der Waals surface area contributed by atoms with Crippen molar-refractivity contribution in [2.75, 3.05) is 13.2 Å². The Morgan fingerprint density at radius 2 is 1.90 bits per heavy atom. The van der Waals surface area contributed by atoms with E-state index in [0.717, 1.165) is 13.2 Å². The molecule has 0 amide bonds. The Balaban J connectivity index is 2.09. The van der Waals surface area contributed by atoms with Gasteiger partial charge in [-0.25, -0.2) is 0 Å². The fraction of sp³-hybridized carbons (Fsp3) is 1.00. The highest BCUT2D eigenvalue weighted by Crippen LogP contribution is 2.34. The van der Waals surface area contributed by atoms with Crippen molar-refractivity contribution in [1.82, 2.24) is 0 Å². The maximum absolute atomic E-state index is 5.57. The summed E-state index contributed by atoms with van der Waals surface area (Å²) in [5.41, 5.74) is 0. The van der Waals surface area contributed by atoms with E-state index < -0.39 is 0 Å². The number of fused-ring (bicyclic) bond motifs is 1. The number of hydrogen-bond donors (Lipinski definition) is 0. The standard InChI is InChI=1S/C7H11IO2/c1-4-2-9-7-5(8)3-10-6(4)7/h4-7H,2-3H2,1H3/t4-,5-,6?,7?/m1/s1. The monoisotopic (exact) mass is 254 g/mol. The number of halogens is 1. The van der Waals surface area contributed by atoms with Gasteiger partial charge in [0.1, 0.15) is 0 Å². The van der Waals surface area contributed by atoms with Gasteiger partial charge in [-0.1, -0.05) is 29.5 Å². The molecule has 0 saturated carbocycles. The fourth-order valence-electron chi connectivity index (χ4n) is 1.64. The minimum absolute atomic E-state index is 0.385. The minimum atomic E-state index is 0.385. The minimum Gasteiger partial charge on any atom is -0.374 e. The van der Waals surface area contributed by atoms with Crippen LogP contribution in [0.25, 0.3) is 0 Å². The van der Waals surface area contributed by atoms with Gasteiger partial charge in [0.05, 0.1) is 29.3 Å². The Kier molecular flexibility index (Phi) is 1.90. The van der Waals surface area contributed by atoms with Crippen LogP contribution in [0, 0.1) is 5.92 Å². The summed E-state index contributed by atoms with van der Waals surface area (Å²) in [7, 11) is 0. The van der Waals surface area contributed by atoms with E-state index in [4.69, 9.17) is 9.47 Å². The molecule has 2 unspecified atom stereocenters. The Morgan fingerprint density at radius 3 is 2.60 bits per heavy atom. The molecule has 2 saturated heterocycles. The Bertz CT molecular complexity index is 124. The van der Waals surface area contributed by atoms with E-state index in [1.165, 1.54) is 0 Å². The zero-order valence-electron chi connectivity index (χ0n) is 5.92. The smallest absolute Gasteiger partial charge is 0.0979 e. The van der Waals surface area contributed by atoms with E-state index in [2.05, 4.69) is 29.5 Å². The van der Waals surface area contributed by atoms with E-state index in [9.17, 15) is 0 Å². The highest BCUT2D eigenvalue weighted by atomic mass is 127. The van der Waals surface area contributed by atoms with Gasteiger partial charge >= 0.3 is 0 Å². The van der Waals surface area contributed by atoms with Crippen molar-refractivity contribution in [2.24, 2.45) is 5.92 Å². The van der Waals surface area contributed by atoms with Gasteiger partial charge in [0, 0.05) is 5.92 Å². The van der Waals surface area contributed by atoms with E-state index in [0.29, 0.717) is 22.1 Å². The number of rotatable bonds is 0. The van der Waals surface area contributed by atoms with Gasteiger partial charge in [0.15, 0.2) is 0 Å². The van der Waals surface area contributed by atoms with Gasteiger partial charge in [-0.3, -0.25) is 0 Å². The Hall–Kier alpha value is 0.650. The largest absolute Gasteiger partial charge is 0.374 e. The van der Waals surface area contributed by atoms with Gasteiger partial charge in [-0.15, -0.1) is 0 Å². The molecule has 2 rings (SSSR count). The van der Waals surface area contributed by atoms with Crippen LogP contribution in [0.5, 0.6) is 0 Å². The van der Waals surface area contributed by atoms with Gasteiger partial charge < -0.3 is 9.47 Å². The molecule has 0 spiro atoms. The third kappa shape index (κ3) is 0.987. The molecule has 0 N–H and O–H groups in total. The summed E-state index contributed by atoms with van der Waals surface area (Å²) < 4.78 is 11.7. The molecule has 2 aliphatic rings. The molecule has 4 atom stereocenters. The Morgan fingerprint density at radius 1 is 1.20 bits per heavy atom. The zero-order valence-corrected chi connectivity index (χ0v) is 8.08. The average Bonchev–Trinajstić information content (AvgIpc) is 2.41. The third-order valence-electron chi connectivity index (χ3n) is 2.24. The van der Waals surface area contributed by atoms with Crippen LogP contribution in [0.2, 0.25) is 0 Å². The van der Waals surface area contributed by atoms with Crippen molar-refractivity contribution in [3.05, 3.63) is 0 Å². The first-order valence-electron chi connectivity index (χ1n) is 3.66. The fourth-order valence-corrected chi connectivity index (χ4v) is 2.47. The predicted octanol–water partition coefficient (Wildman–Crippen LogP) is 1.22. The molecule has 0 aliphatic carbocycles. The van der Waals surface area contributed by atoms with Crippen molar-refractivity contribution in [2.45, 2.75) is 23.1 Å². The summed E-state index contributed by atoms with van der Waals surface area (Å²) in [6.45, 7) is 3.95. The highest BCUT2D eigenvalue weighted by Gasteiger charge is 2.44. The van der Waals surface area contributed by atoms with Crippen molar-refractivity contribution >= 4 is 22.6 Å². The summed E-state index contributed by atoms with van der Waals surface area (Å²) in [4.78, 5) is 0. The van der Waals surface area contributed by atoms with Gasteiger partial charge in [-0.2, -0.15) is 0 Å². The molecule has 2 heterocycles. The predicted molar refractivity (Wildman–Crippen MR) is 46.5 cm³/mol. The van der Waals surface area contributed by atoms with E-state index in [1.807, 2.05) is 0 Å². The van der Waals surface area contributed by atoms with E-state index in [1.54, 1.807) is 0 Å². The molecule has 3 heteroatoms.